The predicted molar refractivity (Wildman–Crippen MR) is 238 cm³/mol. The first-order valence-corrected chi connectivity index (χ1v) is 23.4. The third kappa shape index (κ3) is 8.80. The molecule has 3 saturated heterocycles. The minimum Gasteiger partial charge on any atom is -0.455 e. The number of likely N-dealkylation sites (tertiary alicyclic amines) is 1. The number of piperidine rings is 2. The third-order valence-corrected chi connectivity index (χ3v) is 14.9. The molecule has 2 amide bonds. The second-order valence-corrected chi connectivity index (χ2v) is 19.6. The smallest absolute Gasteiger partial charge is 0.293 e. The molecule has 4 fully saturated rings. The van der Waals surface area contributed by atoms with Gasteiger partial charge in [-0.05, 0) is 104 Å². The van der Waals surface area contributed by atoms with Gasteiger partial charge in [-0.25, -0.2) is 23.1 Å². The number of hydrogen-bond donors (Lipinski definition) is 4. The maximum Gasteiger partial charge on any atom is 0.293 e. The second-order valence-electron chi connectivity index (χ2n) is 17.9. The van der Waals surface area contributed by atoms with E-state index in [-0.39, 0.29) is 34.2 Å². The van der Waals surface area contributed by atoms with Crippen LogP contribution in [-0.4, -0.2) is 83.8 Å². The molecule has 63 heavy (non-hydrogen) atoms. The van der Waals surface area contributed by atoms with E-state index in [2.05, 4.69) is 78.2 Å². The van der Waals surface area contributed by atoms with Gasteiger partial charge in [-0.15, -0.1) is 0 Å². The van der Waals surface area contributed by atoms with Crippen LogP contribution < -0.4 is 25.0 Å². The summed E-state index contributed by atoms with van der Waals surface area (Å²) >= 11 is 0. The van der Waals surface area contributed by atoms with Crippen LogP contribution in [-0.2, 0) is 14.8 Å². The van der Waals surface area contributed by atoms with Crippen LogP contribution in [0, 0.1) is 21.4 Å². The Morgan fingerprint density at radius 1 is 1.03 bits per heavy atom. The number of rotatable bonds is 13. The molecule has 330 valence electrons. The zero-order valence-corrected chi connectivity index (χ0v) is 36.3. The van der Waals surface area contributed by atoms with Crippen LogP contribution in [0.5, 0.6) is 11.5 Å². The lowest BCUT2D eigenvalue weighted by Crippen LogP contribution is -2.55. The highest BCUT2D eigenvalue weighted by Gasteiger charge is 2.50. The van der Waals surface area contributed by atoms with Crippen molar-refractivity contribution in [1.82, 2.24) is 29.9 Å². The topological polar surface area (TPSA) is 205 Å². The number of sulfonamides is 1. The van der Waals surface area contributed by atoms with E-state index in [4.69, 9.17) is 4.74 Å². The van der Waals surface area contributed by atoms with E-state index in [0.717, 1.165) is 43.9 Å². The SMILES string of the molecule is CC(C)c1ccccc1[C@@H]1CCCN1C1CC2(CCN(c3cc(Oc4cnc5[nH]ccc5c4)c(C(=O)NS(=O)(=O)c4ccc(NCC5CCC(=O)NC5)c([N+](=O)[O-])c4)cn3)CC2)C1. The highest BCUT2D eigenvalue weighted by atomic mass is 32.2. The summed E-state index contributed by atoms with van der Waals surface area (Å²) in [4.78, 5) is 53.5. The summed E-state index contributed by atoms with van der Waals surface area (Å²) in [5.74, 6) is 0.500. The number of aromatic amines is 1. The standard InChI is InChI=1S/C46H53N9O7S/c1-29(2)35-6-3-4-7-36(35)39-8-5-17-54(39)32-23-46(24-32)14-18-53(19-15-46)42-22-41(62-33-20-31-13-16-47-44(31)51-27-33)37(28-49-42)45(57)52-63(60,61)34-10-11-38(40(21-34)55(58)59)48-25-30-9-12-43(56)50-26-30/h3-4,6-7,10-11,13,16,20-22,27-30,32,39,48H,5,8-9,12,14-15,17-19,23-26H2,1-2H3,(H,47,51)(H,50,56)(H,52,57)/t30?,39-/m0/s1. The number of pyridine rings is 2. The number of nitrogens with zero attached hydrogens (tertiary/aromatic N) is 5. The summed E-state index contributed by atoms with van der Waals surface area (Å²) in [6.45, 7) is 8.02. The van der Waals surface area contributed by atoms with Gasteiger partial charge in [0.2, 0.25) is 5.91 Å². The summed E-state index contributed by atoms with van der Waals surface area (Å²) in [5, 5.41) is 18.7. The van der Waals surface area contributed by atoms with Crippen LogP contribution in [0.2, 0.25) is 0 Å². The summed E-state index contributed by atoms with van der Waals surface area (Å²) in [6.07, 6.45) is 12.4. The number of benzene rings is 2. The van der Waals surface area contributed by atoms with Crippen molar-refractivity contribution in [2.45, 2.75) is 88.1 Å². The summed E-state index contributed by atoms with van der Waals surface area (Å²) < 4.78 is 35.7. The van der Waals surface area contributed by atoms with Gasteiger partial charge in [-0.2, -0.15) is 0 Å². The van der Waals surface area contributed by atoms with E-state index in [0.29, 0.717) is 61.1 Å². The van der Waals surface area contributed by atoms with Gasteiger partial charge in [-0.3, -0.25) is 24.6 Å². The first-order chi connectivity index (χ1) is 30.3. The number of hydrogen-bond acceptors (Lipinski definition) is 12. The van der Waals surface area contributed by atoms with Crippen molar-refractivity contribution < 1.29 is 27.7 Å². The molecule has 6 heterocycles. The molecule has 1 saturated carbocycles. The van der Waals surface area contributed by atoms with E-state index in [1.54, 1.807) is 18.3 Å². The number of amides is 2. The van der Waals surface area contributed by atoms with Gasteiger partial charge >= 0.3 is 0 Å². The number of nitro groups is 1. The van der Waals surface area contributed by atoms with E-state index >= 15 is 0 Å². The Balaban J connectivity index is 0.900. The molecule has 4 N–H and O–H groups in total. The zero-order valence-electron chi connectivity index (χ0n) is 35.5. The Labute approximate surface area is 366 Å². The molecule has 16 nitrogen and oxygen atoms in total. The van der Waals surface area contributed by atoms with Crippen molar-refractivity contribution in [3.8, 4) is 11.5 Å². The van der Waals surface area contributed by atoms with Gasteiger partial charge < -0.3 is 25.3 Å². The van der Waals surface area contributed by atoms with Crippen LogP contribution in [0.1, 0.15) is 98.7 Å². The lowest BCUT2D eigenvalue weighted by Gasteiger charge is -2.56. The van der Waals surface area contributed by atoms with Crippen molar-refractivity contribution in [1.29, 1.82) is 0 Å². The van der Waals surface area contributed by atoms with Crippen molar-refractivity contribution in [3.63, 3.8) is 0 Å². The minimum atomic E-state index is -4.60. The molecule has 1 unspecified atom stereocenters. The molecule has 4 aliphatic rings. The van der Waals surface area contributed by atoms with Crippen LogP contribution in [0.25, 0.3) is 11.0 Å². The zero-order chi connectivity index (χ0) is 43.9. The van der Waals surface area contributed by atoms with Gasteiger partial charge in [-0.1, -0.05) is 38.1 Å². The van der Waals surface area contributed by atoms with Crippen LogP contribution in [0.4, 0.5) is 17.2 Å². The lowest BCUT2D eigenvalue weighted by molar-refractivity contribution is -0.384. The number of anilines is 2. The maximum absolute atomic E-state index is 13.9. The first-order valence-electron chi connectivity index (χ1n) is 21.9. The Morgan fingerprint density at radius 3 is 2.60 bits per heavy atom. The predicted octanol–water partition coefficient (Wildman–Crippen LogP) is 7.42. The number of carbonyl (C=O) groups is 2. The van der Waals surface area contributed by atoms with E-state index in [1.165, 1.54) is 61.3 Å². The summed E-state index contributed by atoms with van der Waals surface area (Å²) in [6, 6.07) is 18.7. The number of nitro benzene ring substituents is 1. The molecular formula is C46H53N9O7S. The molecule has 1 aliphatic carbocycles. The fourth-order valence-electron chi connectivity index (χ4n) is 10.1. The van der Waals surface area contributed by atoms with Gasteiger partial charge in [0.05, 0.1) is 16.0 Å². The van der Waals surface area contributed by atoms with Crippen molar-refractivity contribution in [3.05, 3.63) is 106 Å². The molecule has 3 aliphatic heterocycles. The van der Waals surface area contributed by atoms with E-state index in [1.807, 2.05) is 6.07 Å². The average Bonchev–Trinajstić information content (AvgIpc) is 3.95. The van der Waals surface area contributed by atoms with Crippen LogP contribution >= 0.6 is 0 Å². The first kappa shape index (κ1) is 42.2. The van der Waals surface area contributed by atoms with E-state index in [9.17, 15) is 28.1 Å². The number of fused-ring (bicyclic) bond motifs is 1. The number of ether oxygens (including phenoxy) is 1. The molecule has 2 atom stereocenters. The Morgan fingerprint density at radius 2 is 1.84 bits per heavy atom. The summed E-state index contributed by atoms with van der Waals surface area (Å²) in [5.41, 5.74) is 3.37. The molecule has 0 radical (unpaired) electrons. The number of carbonyl (C=O) groups excluding carboxylic acids is 2. The fraction of sp³-hybridized carbons (Fsp3) is 0.435. The Hall–Kier alpha value is -6.07. The Bertz CT molecular complexity index is 2640. The van der Waals surface area contributed by atoms with Crippen LogP contribution in [0.3, 0.4) is 0 Å². The molecule has 0 bridgehead atoms. The lowest BCUT2D eigenvalue weighted by atomic mass is 9.60. The summed E-state index contributed by atoms with van der Waals surface area (Å²) in [7, 11) is -4.60. The third-order valence-electron chi connectivity index (χ3n) is 13.6. The molecular weight excluding hydrogens is 823 g/mol. The molecule has 1 spiro atoms. The fourth-order valence-corrected chi connectivity index (χ4v) is 11.1. The highest BCUT2D eigenvalue weighted by molar-refractivity contribution is 7.90. The molecule has 17 heteroatoms. The second kappa shape index (κ2) is 17.2. The molecule has 3 aromatic heterocycles. The molecule has 9 rings (SSSR count). The van der Waals surface area contributed by atoms with Crippen molar-refractivity contribution >= 4 is 50.1 Å². The van der Waals surface area contributed by atoms with E-state index < -0.39 is 31.4 Å². The average molecular weight is 876 g/mol. The quantitative estimate of drug-likeness (QED) is 0.0674. The van der Waals surface area contributed by atoms with Gasteiger partial charge in [0.1, 0.15) is 34.2 Å². The van der Waals surface area contributed by atoms with Crippen LogP contribution in [0.15, 0.2) is 84.1 Å². The maximum atomic E-state index is 13.9. The Kier molecular flexibility index (Phi) is 11.6. The molecule has 2 aromatic carbocycles. The minimum absolute atomic E-state index is 0.0398. The monoisotopic (exact) mass is 875 g/mol. The van der Waals surface area contributed by atoms with Crippen molar-refractivity contribution in [2.24, 2.45) is 11.3 Å². The highest BCUT2D eigenvalue weighted by Crippen LogP contribution is 2.54. The normalized spacial score (nSPS) is 20.4. The van der Waals surface area contributed by atoms with Gasteiger partial charge in [0, 0.05) is 74.6 Å². The van der Waals surface area contributed by atoms with Crippen molar-refractivity contribution in [2.75, 3.05) is 42.9 Å². The molecule has 5 aromatic rings. The number of aromatic nitrogens is 3. The number of H-pyrrole nitrogens is 1. The van der Waals surface area contributed by atoms with Gasteiger partial charge in [0.15, 0.2) is 0 Å². The number of nitrogens with one attached hydrogen (secondary N) is 4. The largest absolute Gasteiger partial charge is 0.455 e. The van der Waals surface area contributed by atoms with Gasteiger partial charge in [0.25, 0.3) is 21.6 Å².